The Morgan fingerprint density at radius 1 is 1.26 bits per heavy atom. The maximum atomic E-state index is 13.7. The second-order valence-corrected chi connectivity index (χ2v) is 10.5. The van der Waals surface area contributed by atoms with Gasteiger partial charge in [0.2, 0.25) is 0 Å². The van der Waals surface area contributed by atoms with Gasteiger partial charge in [-0.15, -0.1) is 6.58 Å². The maximum absolute atomic E-state index is 13.7. The third-order valence-corrected chi connectivity index (χ3v) is 8.15. The molecular formula is C22H35NO8. The van der Waals surface area contributed by atoms with Gasteiger partial charge in [0.05, 0.1) is 24.9 Å². The predicted molar refractivity (Wildman–Crippen MR) is 110 cm³/mol. The van der Waals surface area contributed by atoms with E-state index < -0.39 is 63.7 Å². The minimum absolute atomic E-state index is 0.175. The van der Waals surface area contributed by atoms with Crippen LogP contribution in [0.4, 0.5) is 4.79 Å². The molecule has 1 saturated heterocycles. The predicted octanol–water partition coefficient (Wildman–Crippen LogP) is 1.24. The summed E-state index contributed by atoms with van der Waals surface area (Å²) in [4.78, 5) is 30.6. The van der Waals surface area contributed by atoms with Crippen LogP contribution in [-0.2, 0) is 19.1 Å². The smallest absolute Gasteiger partial charge is 0.431 e. The van der Waals surface area contributed by atoms with Gasteiger partial charge in [-0.05, 0) is 32.1 Å². The zero-order valence-corrected chi connectivity index (χ0v) is 19.1. The summed E-state index contributed by atoms with van der Waals surface area (Å²) >= 11 is 0. The standard InChI is InChI=1S/C22H35NO8/c1-8-19(4)11-13(25)22(28)20(5)12(24)9-10-18(2,3)15(20)14(26)16(21(22,6)31-19)30-17(27)23-29-7/h8,12,14-16,24,26,28H,1,9-11H2,2-7H3,(H,23,27)/t12-,14?,15-,16-,19-,20-,21+,22-/m0/s1. The number of hydroxylamine groups is 1. The van der Waals surface area contributed by atoms with E-state index in [0.717, 1.165) is 0 Å². The van der Waals surface area contributed by atoms with Crippen LogP contribution in [0.2, 0.25) is 0 Å². The van der Waals surface area contributed by atoms with E-state index in [1.807, 2.05) is 19.3 Å². The van der Waals surface area contributed by atoms with E-state index in [1.165, 1.54) is 20.1 Å². The van der Waals surface area contributed by atoms with Crippen molar-refractivity contribution in [1.82, 2.24) is 5.48 Å². The molecule has 176 valence electrons. The molecule has 0 radical (unpaired) electrons. The van der Waals surface area contributed by atoms with E-state index in [9.17, 15) is 24.9 Å². The van der Waals surface area contributed by atoms with Crippen molar-refractivity contribution in [2.24, 2.45) is 16.7 Å². The van der Waals surface area contributed by atoms with Crippen molar-refractivity contribution in [3.05, 3.63) is 12.7 Å². The SMILES string of the molecule is C=C[C@@]1(C)CC(=O)[C@]2(O)[C@@]3(C)[C@@H](O)CCC(C)(C)[C@@H]3C(O)[C@H](OC(=O)NOC)[C@@]2(C)O1. The first-order chi connectivity index (χ1) is 14.1. The molecule has 2 aliphatic carbocycles. The largest absolute Gasteiger partial charge is 0.439 e. The molecular weight excluding hydrogens is 406 g/mol. The summed E-state index contributed by atoms with van der Waals surface area (Å²) in [6.45, 7) is 12.3. The molecule has 31 heavy (non-hydrogen) atoms. The molecule has 8 atom stereocenters. The number of carbonyl (C=O) groups excluding carboxylic acids is 2. The van der Waals surface area contributed by atoms with Crippen molar-refractivity contribution in [3.63, 3.8) is 0 Å². The second-order valence-electron chi connectivity index (χ2n) is 10.5. The Bertz CT molecular complexity index is 785. The van der Waals surface area contributed by atoms with Gasteiger partial charge in [-0.1, -0.05) is 26.8 Å². The molecule has 3 rings (SSSR count). The average Bonchev–Trinajstić information content (AvgIpc) is 2.66. The fourth-order valence-electron chi connectivity index (χ4n) is 6.70. The molecule has 0 aromatic rings. The number of hydrogen-bond acceptors (Lipinski definition) is 8. The van der Waals surface area contributed by atoms with Gasteiger partial charge in [-0.25, -0.2) is 4.79 Å². The van der Waals surface area contributed by atoms with E-state index in [1.54, 1.807) is 13.8 Å². The van der Waals surface area contributed by atoms with Crippen LogP contribution in [0.5, 0.6) is 0 Å². The molecule has 1 amide bonds. The summed E-state index contributed by atoms with van der Waals surface area (Å²) in [5.41, 5.74) is -5.31. The lowest BCUT2D eigenvalue weighted by molar-refractivity contribution is -0.369. The number of ether oxygens (including phenoxy) is 2. The lowest BCUT2D eigenvalue weighted by Crippen LogP contribution is -2.86. The Kier molecular flexibility index (Phi) is 5.64. The van der Waals surface area contributed by atoms with Crippen LogP contribution in [0, 0.1) is 16.7 Å². The molecule has 2 saturated carbocycles. The van der Waals surface area contributed by atoms with Crippen molar-refractivity contribution >= 4 is 11.9 Å². The van der Waals surface area contributed by atoms with Gasteiger partial charge in [0, 0.05) is 17.8 Å². The molecule has 9 heteroatoms. The molecule has 0 bridgehead atoms. The Balaban J connectivity index is 2.28. The third kappa shape index (κ3) is 3.01. The topological polar surface area (TPSA) is 135 Å². The van der Waals surface area contributed by atoms with E-state index in [2.05, 4.69) is 11.4 Å². The number of hydrogen-bond donors (Lipinski definition) is 4. The van der Waals surface area contributed by atoms with Gasteiger partial charge >= 0.3 is 6.09 Å². The van der Waals surface area contributed by atoms with Crippen LogP contribution in [0.25, 0.3) is 0 Å². The maximum Gasteiger partial charge on any atom is 0.431 e. The quantitative estimate of drug-likeness (QED) is 0.380. The van der Waals surface area contributed by atoms with Crippen molar-refractivity contribution in [1.29, 1.82) is 0 Å². The molecule has 0 spiro atoms. The minimum Gasteiger partial charge on any atom is -0.439 e. The number of ketones is 1. The van der Waals surface area contributed by atoms with Crippen molar-refractivity contribution < 1.29 is 39.2 Å². The first kappa shape index (κ1) is 24.1. The van der Waals surface area contributed by atoms with Crippen molar-refractivity contribution in [3.8, 4) is 0 Å². The Hall–Kier alpha value is -1.52. The first-order valence-corrected chi connectivity index (χ1v) is 10.6. The summed E-state index contributed by atoms with van der Waals surface area (Å²) in [6.07, 6.45) is -2.70. The lowest BCUT2D eigenvalue weighted by Gasteiger charge is -2.71. The van der Waals surface area contributed by atoms with Gasteiger partial charge in [0.15, 0.2) is 17.5 Å². The summed E-state index contributed by atoms with van der Waals surface area (Å²) in [5, 5.41) is 34.9. The van der Waals surface area contributed by atoms with Crippen LogP contribution >= 0.6 is 0 Å². The lowest BCUT2D eigenvalue weighted by atomic mass is 9.40. The van der Waals surface area contributed by atoms with Crippen molar-refractivity contribution in [2.45, 2.75) is 89.0 Å². The van der Waals surface area contributed by atoms with Gasteiger partial charge in [0.1, 0.15) is 5.60 Å². The van der Waals surface area contributed by atoms with Crippen LogP contribution < -0.4 is 5.48 Å². The van der Waals surface area contributed by atoms with E-state index in [4.69, 9.17) is 9.47 Å². The van der Waals surface area contributed by atoms with Crippen LogP contribution in [-0.4, -0.2) is 69.4 Å². The molecule has 4 N–H and O–H groups in total. The van der Waals surface area contributed by atoms with Gasteiger partial charge < -0.3 is 24.8 Å². The molecule has 1 heterocycles. The van der Waals surface area contributed by atoms with Gasteiger partial charge in [-0.3, -0.25) is 9.63 Å². The Morgan fingerprint density at radius 2 is 1.87 bits per heavy atom. The van der Waals surface area contributed by atoms with Crippen LogP contribution in [0.15, 0.2) is 12.7 Å². The molecule has 0 aromatic carbocycles. The minimum atomic E-state index is -2.25. The molecule has 3 aliphatic rings. The van der Waals surface area contributed by atoms with Gasteiger partial charge in [0.25, 0.3) is 0 Å². The summed E-state index contributed by atoms with van der Waals surface area (Å²) in [7, 11) is 1.23. The number of fused-ring (bicyclic) bond motifs is 3. The monoisotopic (exact) mass is 441 g/mol. The molecule has 3 fully saturated rings. The molecule has 0 aromatic heterocycles. The first-order valence-electron chi connectivity index (χ1n) is 10.6. The van der Waals surface area contributed by atoms with Gasteiger partial charge in [-0.2, -0.15) is 5.48 Å². The molecule has 1 aliphatic heterocycles. The molecule has 1 unspecified atom stereocenters. The van der Waals surface area contributed by atoms with E-state index >= 15 is 0 Å². The highest BCUT2D eigenvalue weighted by Crippen LogP contribution is 2.66. The van der Waals surface area contributed by atoms with E-state index in [-0.39, 0.29) is 6.42 Å². The third-order valence-electron chi connectivity index (χ3n) is 8.15. The number of rotatable bonds is 3. The number of aliphatic hydroxyl groups is 3. The number of nitrogens with one attached hydrogen (secondary N) is 1. The highest BCUT2D eigenvalue weighted by Gasteiger charge is 2.81. The number of amides is 1. The summed E-state index contributed by atoms with van der Waals surface area (Å²) < 4.78 is 11.8. The highest BCUT2D eigenvalue weighted by atomic mass is 16.7. The Labute approximate surface area is 182 Å². The number of Topliss-reactive ketones (excluding diaryl/α,β-unsaturated/α-hetero) is 1. The Morgan fingerprint density at radius 3 is 2.42 bits per heavy atom. The average molecular weight is 442 g/mol. The van der Waals surface area contributed by atoms with Crippen LogP contribution in [0.3, 0.4) is 0 Å². The fourth-order valence-corrected chi connectivity index (χ4v) is 6.70. The number of carbonyl (C=O) groups is 2. The highest BCUT2D eigenvalue weighted by molar-refractivity contribution is 5.92. The zero-order chi connectivity index (χ0) is 23.6. The molecule has 9 nitrogen and oxygen atoms in total. The van der Waals surface area contributed by atoms with Crippen molar-refractivity contribution in [2.75, 3.05) is 7.11 Å². The normalized spacial score (nSPS) is 48.9. The zero-order valence-electron chi connectivity index (χ0n) is 19.1. The van der Waals surface area contributed by atoms with E-state index in [0.29, 0.717) is 12.8 Å². The summed E-state index contributed by atoms with van der Waals surface area (Å²) in [5.74, 6) is -1.33. The second kappa shape index (κ2) is 7.25. The van der Waals surface area contributed by atoms with Crippen LogP contribution in [0.1, 0.15) is 53.9 Å². The number of aliphatic hydroxyl groups excluding tert-OH is 2. The fraction of sp³-hybridized carbons (Fsp3) is 0.818. The summed E-state index contributed by atoms with van der Waals surface area (Å²) in [6, 6.07) is 0.